The van der Waals surface area contributed by atoms with Gasteiger partial charge in [-0.05, 0) is 24.6 Å². The zero-order chi connectivity index (χ0) is 19.1. The van der Waals surface area contributed by atoms with Crippen molar-refractivity contribution in [3.63, 3.8) is 0 Å². The number of carbonyl (C=O) groups is 2. The second-order valence-corrected chi connectivity index (χ2v) is 6.65. The molecule has 0 radical (unpaired) electrons. The second kappa shape index (κ2) is 9.14. The number of piperazine rings is 1. The SMILES string of the molecule is CC(NC(=O)N1CCN(Cc2ccccc2)CC1)C(=O)Nc1ccncc1. The molecule has 27 heavy (non-hydrogen) atoms. The molecule has 0 aliphatic carbocycles. The molecule has 1 aromatic carbocycles. The zero-order valence-electron chi connectivity index (χ0n) is 15.5. The van der Waals surface area contributed by atoms with Gasteiger partial charge in [0.1, 0.15) is 6.04 Å². The normalized spacial score (nSPS) is 15.8. The molecule has 0 spiro atoms. The van der Waals surface area contributed by atoms with E-state index in [1.54, 1.807) is 36.4 Å². The molecule has 1 unspecified atom stereocenters. The molecule has 3 amide bonds. The Hall–Kier alpha value is -2.93. The summed E-state index contributed by atoms with van der Waals surface area (Å²) in [6.07, 6.45) is 3.21. The Labute approximate surface area is 159 Å². The van der Waals surface area contributed by atoms with Crippen molar-refractivity contribution in [2.45, 2.75) is 19.5 Å². The first-order valence-corrected chi connectivity index (χ1v) is 9.14. The first-order valence-electron chi connectivity index (χ1n) is 9.14. The van der Waals surface area contributed by atoms with Crippen LogP contribution in [0.15, 0.2) is 54.9 Å². The molecule has 2 N–H and O–H groups in total. The largest absolute Gasteiger partial charge is 0.326 e. The van der Waals surface area contributed by atoms with Gasteiger partial charge in [0, 0.05) is 50.8 Å². The van der Waals surface area contributed by atoms with Crippen LogP contribution in [-0.2, 0) is 11.3 Å². The Morgan fingerprint density at radius 1 is 1.04 bits per heavy atom. The van der Waals surface area contributed by atoms with Crippen LogP contribution in [0.3, 0.4) is 0 Å². The number of anilines is 1. The smallest absolute Gasteiger partial charge is 0.318 e. The Morgan fingerprint density at radius 3 is 2.37 bits per heavy atom. The third kappa shape index (κ3) is 5.52. The van der Waals surface area contributed by atoms with Gasteiger partial charge in [-0.15, -0.1) is 0 Å². The molecule has 2 aromatic rings. The van der Waals surface area contributed by atoms with E-state index in [1.807, 2.05) is 18.2 Å². The molecule has 0 saturated carbocycles. The Kier molecular flexibility index (Phi) is 6.38. The molecular weight excluding hydrogens is 342 g/mol. The Bertz CT molecular complexity index is 745. The quantitative estimate of drug-likeness (QED) is 0.847. The van der Waals surface area contributed by atoms with Crippen LogP contribution in [0.2, 0.25) is 0 Å². The molecule has 7 heteroatoms. The van der Waals surface area contributed by atoms with E-state index < -0.39 is 6.04 Å². The van der Waals surface area contributed by atoms with Crippen molar-refractivity contribution in [3.8, 4) is 0 Å². The summed E-state index contributed by atoms with van der Waals surface area (Å²) in [5.74, 6) is -0.253. The van der Waals surface area contributed by atoms with E-state index in [-0.39, 0.29) is 11.9 Å². The maximum absolute atomic E-state index is 12.4. The molecule has 1 aliphatic rings. The molecule has 2 heterocycles. The van der Waals surface area contributed by atoms with Gasteiger partial charge in [-0.2, -0.15) is 0 Å². The number of hydrogen-bond acceptors (Lipinski definition) is 4. The van der Waals surface area contributed by atoms with Crippen molar-refractivity contribution >= 4 is 17.6 Å². The highest BCUT2D eigenvalue weighted by Crippen LogP contribution is 2.09. The number of aromatic nitrogens is 1. The summed E-state index contributed by atoms with van der Waals surface area (Å²) >= 11 is 0. The van der Waals surface area contributed by atoms with Crippen molar-refractivity contribution in [2.75, 3.05) is 31.5 Å². The van der Waals surface area contributed by atoms with Gasteiger partial charge in [0.2, 0.25) is 5.91 Å². The Morgan fingerprint density at radius 2 is 1.70 bits per heavy atom. The fourth-order valence-corrected chi connectivity index (χ4v) is 2.98. The Balaban J connectivity index is 1.43. The number of rotatable bonds is 5. The van der Waals surface area contributed by atoms with Crippen molar-refractivity contribution in [2.24, 2.45) is 0 Å². The van der Waals surface area contributed by atoms with Crippen molar-refractivity contribution in [3.05, 3.63) is 60.4 Å². The third-order valence-corrected chi connectivity index (χ3v) is 4.59. The lowest BCUT2D eigenvalue weighted by atomic mass is 10.2. The number of pyridine rings is 1. The van der Waals surface area contributed by atoms with Gasteiger partial charge < -0.3 is 15.5 Å². The molecule has 142 valence electrons. The maximum Gasteiger partial charge on any atom is 0.318 e. The van der Waals surface area contributed by atoms with E-state index in [0.717, 1.165) is 19.6 Å². The minimum atomic E-state index is -0.618. The molecule has 1 aliphatic heterocycles. The van der Waals surface area contributed by atoms with Gasteiger partial charge in [-0.3, -0.25) is 14.7 Å². The topological polar surface area (TPSA) is 77.6 Å². The highest BCUT2D eigenvalue weighted by molar-refractivity contribution is 5.96. The lowest BCUT2D eigenvalue weighted by Gasteiger charge is -2.35. The van der Waals surface area contributed by atoms with Gasteiger partial charge in [0.05, 0.1) is 0 Å². The van der Waals surface area contributed by atoms with Crippen molar-refractivity contribution in [1.29, 1.82) is 0 Å². The molecular formula is C20H25N5O2. The average Bonchev–Trinajstić information content (AvgIpc) is 2.70. The highest BCUT2D eigenvalue weighted by atomic mass is 16.2. The highest BCUT2D eigenvalue weighted by Gasteiger charge is 2.24. The zero-order valence-corrected chi connectivity index (χ0v) is 15.5. The van der Waals surface area contributed by atoms with E-state index in [9.17, 15) is 9.59 Å². The van der Waals surface area contributed by atoms with Crippen molar-refractivity contribution < 1.29 is 9.59 Å². The summed E-state index contributed by atoms with van der Waals surface area (Å²) in [5, 5.41) is 5.54. The summed E-state index contributed by atoms with van der Waals surface area (Å²) in [7, 11) is 0. The minimum Gasteiger partial charge on any atom is -0.326 e. The maximum atomic E-state index is 12.4. The first kappa shape index (κ1) is 18.8. The van der Waals surface area contributed by atoms with Crippen LogP contribution in [-0.4, -0.2) is 58.9 Å². The lowest BCUT2D eigenvalue weighted by Crippen LogP contribution is -2.54. The van der Waals surface area contributed by atoms with E-state index in [1.165, 1.54) is 5.56 Å². The number of amides is 3. The molecule has 1 aromatic heterocycles. The van der Waals surface area contributed by atoms with Crippen LogP contribution >= 0.6 is 0 Å². The van der Waals surface area contributed by atoms with Crippen LogP contribution in [0, 0.1) is 0 Å². The van der Waals surface area contributed by atoms with E-state index in [4.69, 9.17) is 0 Å². The summed E-state index contributed by atoms with van der Waals surface area (Å²) in [4.78, 5) is 32.7. The van der Waals surface area contributed by atoms with E-state index in [0.29, 0.717) is 18.8 Å². The van der Waals surface area contributed by atoms with Gasteiger partial charge in [-0.1, -0.05) is 30.3 Å². The van der Waals surface area contributed by atoms with Crippen molar-refractivity contribution in [1.82, 2.24) is 20.1 Å². The van der Waals surface area contributed by atoms with Gasteiger partial charge >= 0.3 is 6.03 Å². The van der Waals surface area contributed by atoms with Crippen LogP contribution in [0.1, 0.15) is 12.5 Å². The van der Waals surface area contributed by atoms with Crippen LogP contribution < -0.4 is 10.6 Å². The number of hydrogen-bond donors (Lipinski definition) is 2. The first-order chi connectivity index (χ1) is 13.1. The average molecular weight is 367 g/mol. The molecule has 1 fully saturated rings. The summed E-state index contributed by atoms with van der Waals surface area (Å²) in [5.41, 5.74) is 1.93. The lowest BCUT2D eigenvalue weighted by molar-refractivity contribution is -0.117. The standard InChI is InChI=1S/C20H25N5O2/c1-16(19(26)23-18-7-9-21-10-8-18)22-20(27)25-13-11-24(12-14-25)15-17-5-3-2-4-6-17/h2-10,16H,11-15H2,1H3,(H,22,27)(H,21,23,26). The molecule has 3 rings (SSSR count). The van der Waals surface area contributed by atoms with Crippen LogP contribution in [0.5, 0.6) is 0 Å². The second-order valence-electron chi connectivity index (χ2n) is 6.65. The third-order valence-electron chi connectivity index (χ3n) is 4.59. The fourth-order valence-electron chi connectivity index (χ4n) is 2.98. The van der Waals surface area contributed by atoms with E-state index in [2.05, 4.69) is 32.7 Å². The number of nitrogens with zero attached hydrogens (tertiary/aromatic N) is 3. The molecule has 7 nitrogen and oxygen atoms in total. The van der Waals surface area contributed by atoms with Gasteiger partial charge in [-0.25, -0.2) is 4.79 Å². The van der Waals surface area contributed by atoms with Crippen LogP contribution in [0.25, 0.3) is 0 Å². The molecule has 0 bridgehead atoms. The molecule has 1 atom stereocenters. The monoisotopic (exact) mass is 367 g/mol. The summed E-state index contributed by atoms with van der Waals surface area (Å²) < 4.78 is 0. The van der Waals surface area contributed by atoms with Gasteiger partial charge in [0.25, 0.3) is 0 Å². The minimum absolute atomic E-state index is 0.202. The number of urea groups is 1. The van der Waals surface area contributed by atoms with Crippen LogP contribution in [0.4, 0.5) is 10.5 Å². The fraction of sp³-hybridized carbons (Fsp3) is 0.350. The predicted octanol–water partition coefficient (Wildman–Crippen LogP) is 1.94. The van der Waals surface area contributed by atoms with Gasteiger partial charge in [0.15, 0.2) is 0 Å². The number of benzene rings is 1. The molecule has 1 saturated heterocycles. The summed E-state index contributed by atoms with van der Waals surface area (Å²) in [6, 6.07) is 12.9. The number of carbonyl (C=O) groups excluding carboxylic acids is 2. The number of nitrogens with one attached hydrogen (secondary N) is 2. The summed E-state index contributed by atoms with van der Waals surface area (Å²) in [6.45, 7) is 5.51. The predicted molar refractivity (Wildman–Crippen MR) is 104 cm³/mol. The van der Waals surface area contributed by atoms with E-state index >= 15 is 0 Å².